The van der Waals surface area contributed by atoms with Crippen molar-refractivity contribution >= 4 is 0 Å². The summed E-state index contributed by atoms with van der Waals surface area (Å²) in [6.07, 6.45) is 5.19. The molecule has 1 aromatic heterocycles. The Kier molecular flexibility index (Phi) is 1.56. The molecule has 0 saturated carbocycles. The standard InChI is InChI=1S/C10H13NO/c1-7-8(2)11(12)6-9-4-3-5-10(7)9/h6H,3-5H2,1-2H3. The van der Waals surface area contributed by atoms with Crippen LogP contribution in [0.2, 0.25) is 0 Å². The molecule has 0 radical (unpaired) electrons. The van der Waals surface area contributed by atoms with Crippen LogP contribution in [-0.2, 0) is 12.8 Å². The van der Waals surface area contributed by atoms with Crippen molar-refractivity contribution in [3.63, 3.8) is 0 Å². The van der Waals surface area contributed by atoms with Crippen molar-refractivity contribution in [2.45, 2.75) is 33.1 Å². The van der Waals surface area contributed by atoms with Crippen LogP contribution in [0.4, 0.5) is 0 Å². The van der Waals surface area contributed by atoms with E-state index in [1.54, 1.807) is 6.20 Å². The fraction of sp³-hybridized carbons (Fsp3) is 0.500. The molecule has 0 aliphatic heterocycles. The van der Waals surface area contributed by atoms with Crippen LogP contribution in [0.1, 0.15) is 28.8 Å². The van der Waals surface area contributed by atoms with Gasteiger partial charge < -0.3 is 5.21 Å². The summed E-state index contributed by atoms with van der Waals surface area (Å²) in [5, 5.41) is 11.3. The number of aryl methyl sites for hydroxylation is 1. The van der Waals surface area contributed by atoms with E-state index in [1.807, 2.05) is 13.8 Å². The summed E-state index contributed by atoms with van der Waals surface area (Å²) in [5.74, 6) is 0. The molecule has 12 heavy (non-hydrogen) atoms. The molecule has 0 atom stereocenters. The number of pyridine rings is 1. The number of nitrogens with zero attached hydrogens (tertiary/aromatic N) is 1. The zero-order chi connectivity index (χ0) is 8.72. The van der Waals surface area contributed by atoms with Crippen LogP contribution < -0.4 is 4.73 Å². The topological polar surface area (TPSA) is 26.9 Å². The Balaban J connectivity index is 2.67. The first-order chi connectivity index (χ1) is 5.70. The molecule has 2 heteroatoms. The molecule has 0 amide bonds. The lowest BCUT2D eigenvalue weighted by Crippen LogP contribution is -2.31. The van der Waals surface area contributed by atoms with Gasteiger partial charge in [-0.25, -0.2) is 0 Å². The van der Waals surface area contributed by atoms with Gasteiger partial charge in [0.25, 0.3) is 0 Å². The Labute approximate surface area is 72.4 Å². The summed E-state index contributed by atoms with van der Waals surface area (Å²) in [5.41, 5.74) is 4.73. The van der Waals surface area contributed by atoms with E-state index in [-0.39, 0.29) is 0 Å². The average molecular weight is 163 g/mol. The largest absolute Gasteiger partial charge is 0.618 e. The van der Waals surface area contributed by atoms with E-state index >= 15 is 0 Å². The van der Waals surface area contributed by atoms with Gasteiger partial charge in [-0.3, -0.25) is 0 Å². The molecule has 2 rings (SSSR count). The predicted octanol–water partition coefficient (Wildman–Crippen LogP) is 1.43. The van der Waals surface area contributed by atoms with Gasteiger partial charge in [0, 0.05) is 18.1 Å². The maximum atomic E-state index is 11.3. The first kappa shape index (κ1) is 7.59. The molecule has 0 bridgehead atoms. The highest BCUT2D eigenvalue weighted by atomic mass is 16.5. The first-order valence-electron chi connectivity index (χ1n) is 4.41. The van der Waals surface area contributed by atoms with Crippen LogP contribution >= 0.6 is 0 Å². The molecule has 64 valence electrons. The van der Waals surface area contributed by atoms with E-state index in [0.717, 1.165) is 23.3 Å². The highest BCUT2D eigenvalue weighted by Crippen LogP contribution is 2.24. The van der Waals surface area contributed by atoms with Gasteiger partial charge in [-0.2, -0.15) is 4.73 Å². The molecule has 1 heterocycles. The van der Waals surface area contributed by atoms with Crippen molar-refractivity contribution in [1.82, 2.24) is 0 Å². The molecule has 0 spiro atoms. The SMILES string of the molecule is Cc1c2c(c[n+]([O-])c1C)CCC2. The van der Waals surface area contributed by atoms with Gasteiger partial charge in [-0.1, -0.05) is 0 Å². The Bertz CT molecular complexity index is 331. The third-order valence-corrected chi connectivity index (χ3v) is 2.86. The second-order valence-corrected chi connectivity index (χ2v) is 3.52. The zero-order valence-corrected chi connectivity index (χ0v) is 7.55. The highest BCUT2D eigenvalue weighted by Gasteiger charge is 2.19. The third-order valence-electron chi connectivity index (χ3n) is 2.86. The van der Waals surface area contributed by atoms with Gasteiger partial charge in [-0.05, 0) is 31.7 Å². The molecular formula is C10H13NO. The summed E-state index contributed by atoms with van der Waals surface area (Å²) in [4.78, 5) is 0. The van der Waals surface area contributed by atoms with Crippen molar-refractivity contribution in [3.8, 4) is 0 Å². The molecule has 2 nitrogen and oxygen atoms in total. The number of hydrogen-bond donors (Lipinski definition) is 0. The van der Waals surface area contributed by atoms with Gasteiger partial charge in [0.15, 0.2) is 11.9 Å². The molecule has 0 fully saturated rings. The number of hydrogen-bond acceptors (Lipinski definition) is 1. The second-order valence-electron chi connectivity index (χ2n) is 3.52. The van der Waals surface area contributed by atoms with E-state index in [4.69, 9.17) is 0 Å². The third kappa shape index (κ3) is 0.909. The van der Waals surface area contributed by atoms with Gasteiger partial charge >= 0.3 is 0 Å². The van der Waals surface area contributed by atoms with Crippen molar-refractivity contribution in [3.05, 3.63) is 33.8 Å². The molecule has 1 aliphatic rings. The smallest absolute Gasteiger partial charge is 0.192 e. The Morgan fingerprint density at radius 1 is 1.33 bits per heavy atom. The molecule has 0 N–H and O–H groups in total. The molecule has 1 aromatic rings. The summed E-state index contributed by atoms with van der Waals surface area (Å²) >= 11 is 0. The van der Waals surface area contributed by atoms with Crippen LogP contribution in [0.5, 0.6) is 0 Å². The number of fused-ring (bicyclic) bond motifs is 1. The van der Waals surface area contributed by atoms with Crippen LogP contribution in [0.15, 0.2) is 6.20 Å². The normalized spacial score (nSPS) is 14.8. The monoisotopic (exact) mass is 163 g/mol. The molecule has 1 aliphatic carbocycles. The Morgan fingerprint density at radius 3 is 2.83 bits per heavy atom. The van der Waals surface area contributed by atoms with E-state index in [9.17, 15) is 5.21 Å². The zero-order valence-electron chi connectivity index (χ0n) is 7.55. The van der Waals surface area contributed by atoms with Gasteiger partial charge in [0.05, 0.1) is 0 Å². The second kappa shape index (κ2) is 2.47. The summed E-state index contributed by atoms with van der Waals surface area (Å²) in [6, 6.07) is 0. The van der Waals surface area contributed by atoms with Crippen LogP contribution in [0.3, 0.4) is 0 Å². The van der Waals surface area contributed by atoms with Gasteiger partial charge in [0.1, 0.15) is 0 Å². The quantitative estimate of drug-likeness (QED) is 0.420. The van der Waals surface area contributed by atoms with Crippen molar-refractivity contribution < 1.29 is 4.73 Å². The molecular weight excluding hydrogens is 150 g/mol. The summed E-state index contributed by atoms with van der Waals surface area (Å²) < 4.78 is 0.999. The minimum Gasteiger partial charge on any atom is -0.618 e. The minimum atomic E-state index is 0.857. The first-order valence-corrected chi connectivity index (χ1v) is 4.41. The predicted molar refractivity (Wildman–Crippen MR) is 46.9 cm³/mol. The molecule has 0 unspecified atom stereocenters. The molecule has 0 saturated heterocycles. The maximum Gasteiger partial charge on any atom is 0.192 e. The van der Waals surface area contributed by atoms with Crippen molar-refractivity contribution in [2.24, 2.45) is 0 Å². The minimum absolute atomic E-state index is 0.857. The average Bonchev–Trinajstić information content (AvgIpc) is 2.48. The Hall–Kier alpha value is -1.05. The van der Waals surface area contributed by atoms with Crippen LogP contribution in [-0.4, -0.2) is 0 Å². The Morgan fingerprint density at radius 2 is 2.08 bits per heavy atom. The lowest BCUT2D eigenvalue weighted by atomic mass is 10.1. The number of rotatable bonds is 0. The van der Waals surface area contributed by atoms with Gasteiger partial charge in [-0.15, -0.1) is 0 Å². The summed E-state index contributed by atoms with van der Waals surface area (Å²) in [6.45, 7) is 3.94. The lowest BCUT2D eigenvalue weighted by molar-refractivity contribution is -0.613. The van der Waals surface area contributed by atoms with Crippen molar-refractivity contribution in [1.29, 1.82) is 0 Å². The highest BCUT2D eigenvalue weighted by molar-refractivity contribution is 5.35. The lowest BCUT2D eigenvalue weighted by Gasteiger charge is -2.07. The fourth-order valence-corrected chi connectivity index (χ4v) is 1.96. The fourth-order valence-electron chi connectivity index (χ4n) is 1.96. The molecule has 0 aromatic carbocycles. The van der Waals surface area contributed by atoms with Crippen LogP contribution in [0, 0.1) is 19.1 Å². The maximum absolute atomic E-state index is 11.3. The van der Waals surface area contributed by atoms with Crippen LogP contribution in [0.25, 0.3) is 0 Å². The van der Waals surface area contributed by atoms with E-state index in [2.05, 4.69) is 0 Å². The number of aromatic nitrogens is 1. The van der Waals surface area contributed by atoms with E-state index < -0.39 is 0 Å². The van der Waals surface area contributed by atoms with Gasteiger partial charge in [0.2, 0.25) is 0 Å². The van der Waals surface area contributed by atoms with E-state index in [0.29, 0.717) is 0 Å². The van der Waals surface area contributed by atoms with E-state index in [1.165, 1.54) is 23.1 Å². The van der Waals surface area contributed by atoms with Crippen molar-refractivity contribution in [2.75, 3.05) is 0 Å². The summed E-state index contributed by atoms with van der Waals surface area (Å²) in [7, 11) is 0.